The summed E-state index contributed by atoms with van der Waals surface area (Å²) in [6.07, 6.45) is 9.49. The van der Waals surface area contributed by atoms with Crippen molar-refractivity contribution in [2.24, 2.45) is 0 Å². The van der Waals surface area contributed by atoms with E-state index < -0.39 is 0 Å². The zero-order valence-corrected chi connectivity index (χ0v) is 23.4. The first-order chi connectivity index (χ1) is 18.5. The first-order valence-electron chi connectivity index (χ1n) is 14.0. The first kappa shape index (κ1) is 28.4. The molecule has 2 aliphatic rings. The number of unbranched alkanes of at least 4 members (excludes halogenated alkanes) is 1. The molecule has 0 aromatic heterocycles. The average Bonchev–Trinajstić information content (AvgIpc) is 2.93. The number of fused-ring (bicyclic) bond motifs is 1. The van der Waals surface area contributed by atoms with E-state index >= 15 is 0 Å². The molecule has 2 aromatic carbocycles. The average molecular weight is 538 g/mol. The van der Waals surface area contributed by atoms with E-state index in [9.17, 15) is 14.0 Å². The Bertz CT molecular complexity index is 1120. The van der Waals surface area contributed by atoms with Gasteiger partial charge >= 0.3 is 0 Å². The largest absolute Gasteiger partial charge is 0.352 e. The number of halogens is 1. The lowest BCUT2D eigenvalue weighted by Crippen LogP contribution is -2.50. The van der Waals surface area contributed by atoms with E-state index in [0.29, 0.717) is 27.8 Å². The Balaban J connectivity index is 1.39. The van der Waals surface area contributed by atoms with E-state index in [1.807, 2.05) is 41.3 Å². The van der Waals surface area contributed by atoms with E-state index in [1.165, 1.54) is 18.9 Å². The molecule has 2 amide bonds. The van der Waals surface area contributed by atoms with Crippen LogP contribution in [-0.2, 0) is 11.3 Å². The highest BCUT2D eigenvalue weighted by atomic mass is 32.2. The summed E-state index contributed by atoms with van der Waals surface area (Å²) < 4.78 is 14.4. The highest BCUT2D eigenvalue weighted by molar-refractivity contribution is 8.04. The zero-order chi connectivity index (χ0) is 26.9. The van der Waals surface area contributed by atoms with Crippen LogP contribution < -0.4 is 5.32 Å². The van der Waals surface area contributed by atoms with Crippen LogP contribution in [-0.4, -0.2) is 59.6 Å². The van der Waals surface area contributed by atoms with Gasteiger partial charge in [-0.15, -0.1) is 11.8 Å². The molecule has 7 heteroatoms. The number of carbonyl (C=O) groups excluding carboxylic acids is 2. The summed E-state index contributed by atoms with van der Waals surface area (Å²) in [4.78, 5) is 31.0. The molecule has 0 bridgehead atoms. The minimum atomic E-state index is -0.270. The van der Waals surface area contributed by atoms with Crippen LogP contribution >= 0.6 is 11.8 Å². The van der Waals surface area contributed by atoms with Crippen LogP contribution in [0, 0.1) is 5.82 Å². The fourth-order valence-electron chi connectivity index (χ4n) is 5.25. The molecule has 1 saturated carbocycles. The van der Waals surface area contributed by atoms with Gasteiger partial charge in [-0.2, -0.15) is 0 Å². The summed E-state index contributed by atoms with van der Waals surface area (Å²) in [5.74, 6) is -0.384. The number of thioether (sulfide) groups is 1. The van der Waals surface area contributed by atoms with E-state index in [1.54, 1.807) is 23.9 Å². The highest BCUT2D eigenvalue weighted by Gasteiger charge is 2.40. The summed E-state index contributed by atoms with van der Waals surface area (Å²) in [6.45, 7) is 5.18. The number of benzene rings is 2. The number of hydrogen-bond donors (Lipinski definition) is 1. The maximum Gasteiger partial charge on any atom is 0.260 e. The normalized spacial score (nSPS) is 20.6. The maximum absolute atomic E-state index is 14.4. The molecule has 0 radical (unpaired) electrons. The van der Waals surface area contributed by atoms with Gasteiger partial charge in [0.25, 0.3) is 11.8 Å². The van der Waals surface area contributed by atoms with Crippen LogP contribution in [0.4, 0.5) is 4.39 Å². The summed E-state index contributed by atoms with van der Waals surface area (Å²) in [5.41, 5.74) is 2.05. The lowest BCUT2D eigenvalue weighted by molar-refractivity contribution is -0.130. The van der Waals surface area contributed by atoms with Crippen molar-refractivity contribution in [2.45, 2.75) is 69.7 Å². The molecule has 1 aliphatic carbocycles. The molecule has 4 rings (SSSR count). The van der Waals surface area contributed by atoms with E-state index in [-0.39, 0.29) is 30.2 Å². The molecule has 38 heavy (non-hydrogen) atoms. The SMILES string of the molecule is CCCCN(C)CCCNC(=O)c1ccc(/C=C2\SC3CCCCC3N(Cc3ccccc3F)C2=O)cc1. The Labute approximate surface area is 230 Å². The van der Waals surface area contributed by atoms with Crippen molar-refractivity contribution in [2.75, 3.05) is 26.7 Å². The van der Waals surface area contributed by atoms with Crippen LogP contribution in [0.25, 0.3) is 6.08 Å². The molecule has 2 atom stereocenters. The van der Waals surface area contributed by atoms with Gasteiger partial charge in [0, 0.05) is 35.5 Å². The van der Waals surface area contributed by atoms with Crippen LogP contribution in [0.2, 0.25) is 0 Å². The predicted molar refractivity (Wildman–Crippen MR) is 154 cm³/mol. The topological polar surface area (TPSA) is 52.7 Å². The minimum Gasteiger partial charge on any atom is -0.352 e. The standard InChI is InChI=1S/C31H40FN3O2S/c1-3-4-19-34(2)20-9-18-33-30(36)24-16-14-23(15-17-24)21-29-31(37)35(22-25-10-5-6-11-26(25)32)27-12-7-8-13-28(27)38-29/h5-6,10-11,14-17,21,27-28H,3-4,7-9,12-13,18-20,22H2,1-2H3,(H,33,36)/b29-21-. The third-order valence-electron chi connectivity index (χ3n) is 7.48. The highest BCUT2D eigenvalue weighted by Crippen LogP contribution is 2.42. The number of carbonyl (C=O) groups is 2. The second kappa shape index (κ2) is 13.9. The molecule has 204 valence electrons. The molecule has 1 N–H and O–H groups in total. The molecule has 2 aromatic rings. The molecular formula is C31H40FN3O2S. The Morgan fingerprint density at radius 1 is 1.11 bits per heavy atom. The third kappa shape index (κ3) is 7.48. The summed E-state index contributed by atoms with van der Waals surface area (Å²) in [5, 5.41) is 3.33. The number of rotatable bonds is 11. The molecule has 1 aliphatic heterocycles. The Hall–Kier alpha value is -2.64. The monoisotopic (exact) mass is 537 g/mol. The van der Waals surface area contributed by atoms with Crippen molar-refractivity contribution in [3.63, 3.8) is 0 Å². The van der Waals surface area contributed by atoms with Crippen molar-refractivity contribution >= 4 is 29.7 Å². The van der Waals surface area contributed by atoms with Gasteiger partial charge in [-0.3, -0.25) is 9.59 Å². The van der Waals surface area contributed by atoms with Crippen LogP contribution in [0.3, 0.4) is 0 Å². The quantitative estimate of drug-likeness (QED) is 0.278. The number of hydrogen-bond acceptors (Lipinski definition) is 4. The molecule has 2 unspecified atom stereocenters. The molecule has 1 heterocycles. The Morgan fingerprint density at radius 3 is 2.61 bits per heavy atom. The van der Waals surface area contributed by atoms with E-state index in [4.69, 9.17) is 0 Å². The van der Waals surface area contributed by atoms with Gasteiger partial charge in [-0.25, -0.2) is 4.39 Å². The van der Waals surface area contributed by atoms with Gasteiger partial charge in [0.2, 0.25) is 0 Å². The molecule has 2 fully saturated rings. The summed E-state index contributed by atoms with van der Waals surface area (Å²) in [6, 6.07) is 14.3. The van der Waals surface area contributed by atoms with Crippen LogP contribution in [0.5, 0.6) is 0 Å². The fraction of sp³-hybridized carbons (Fsp3) is 0.484. The lowest BCUT2D eigenvalue weighted by Gasteiger charge is -2.44. The Kier molecular flexibility index (Phi) is 10.4. The van der Waals surface area contributed by atoms with E-state index in [2.05, 4.69) is 24.2 Å². The minimum absolute atomic E-state index is 0.0351. The zero-order valence-electron chi connectivity index (χ0n) is 22.6. The maximum atomic E-state index is 14.4. The van der Waals surface area contributed by atoms with Gasteiger partial charge in [-0.1, -0.05) is 56.5 Å². The summed E-state index contributed by atoms with van der Waals surface area (Å²) >= 11 is 1.66. The van der Waals surface area contributed by atoms with Gasteiger partial charge in [0.05, 0.1) is 4.91 Å². The molecule has 5 nitrogen and oxygen atoms in total. The van der Waals surface area contributed by atoms with Gasteiger partial charge in [0.1, 0.15) is 5.82 Å². The second-order valence-corrected chi connectivity index (χ2v) is 11.7. The van der Waals surface area contributed by atoms with Gasteiger partial charge in [-0.05, 0) is 75.7 Å². The van der Waals surface area contributed by atoms with Crippen molar-refractivity contribution in [3.05, 3.63) is 75.9 Å². The van der Waals surface area contributed by atoms with Crippen LogP contribution in [0.1, 0.15) is 73.4 Å². The Morgan fingerprint density at radius 2 is 1.84 bits per heavy atom. The lowest BCUT2D eigenvalue weighted by atomic mass is 9.92. The second-order valence-electron chi connectivity index (χ2n) is 10.4. The molecule has 0 spiro atoms. The number of amides is 2. The smallest absolute Gasteiger partial charge is 0.260 e. The fourth-order valence-corrected chi connectivity index (χ4v) is 6.72. The molecular weight excluding hydrogens is 497 g/mol. The first-order valence-corrected chi connectivity index (χ1v) is 14.8. The third-order valence-corrected chi connectivity index (χ3v) is 8.88. The van der Waals surface area contributed by atoms with Crippen molar-refractivity contribution in [1.29, 1.82) is 0 Å². The number of nitrogens with zero attached hydrogens (tertiary/aromatic N) is 2. The molecule has 1 saturated heterocycles. The predicted octanol–water partition coefficient (Wildman–Crippen LogP) is 6.11. The number of nitrogens with one attached hydrogen (secondary N) is 1. The van der Waals surface area contributed by atoms with Crippen molar-refractivity contribution in [3.8, 4) is 0 Å². The van der Waals surface area contributed by atoms with Gasteiger partial charge < -0.3 is 15.1 Å². The van der Waals surface area contributed by atoms with Crippen molar-refractivity contribution in [1.82, 2.24) is 15.1 Å². The summed E-state index contributed by atoms with van der Waals surface area (Å²) in [7, 11) is 2.12. The van der Waals surface area contributed by atoms with Crippen LogP contribution in [0.15, 0.2) is 53.4 Å². The van der Waals surface area contributed by atoms with E-state index in [0.717, 1.165) is 50.8 Å². The van der Waals surface area contributed by atoms with Crippen molar-refractivity contribution < 1.29 is 14.0 Å². The van der Waals surface area contributed by atoms with Gasteiger partial charge in [0.15, 0.2) is 0 Å².